The van der Waals surface area contributed by atoms with Gasteiger partial charge in [0.25, 0.3) is 0 Å². The monoisotopic (exact) mass is 668 g/mol. The standard InChI is InChI=1S/C15H10F6.C15H14.C12H10.CH4/c16-14(17,18)13(15(19,20)21,11-7-3-1-4-8-11)12-9-5-2-6-10-12;1-15(2)13-9-5-3-7-11(13)12-8-4-6-10-14(12)15;1-3-7-11(8-4-1)12-9-5-2-6-10-12;/h1-10H;3-10H,1-2H3;1-10H;1H4. The highest BCUT2D eigenvalue weighted by Crippen LogP contribution is 2.56. The van der Waals surface area contributed by atoms with E-state index < -0.39 is 28.9 Å². The van der Waals surface area contributed by atoms with E-state index in [1.165, 1.54) is 45.5 Å². The zero-order valence-electron chi connectivity index (χ0n) is 26.4. The Hall–Kier alpha value is -5.10. The van der Waals surface area contributed by atoms with E-state index in [2.05, 4.69) is 111 Å². The van der Waals surface area contributed by atoms with Crippen LogP contribution in [0.1, 0.15) is 43.5 Å². The van der Waals surface area contributed by atoms with Crippen molar-refractivity contribution in [2.24, 2.45) is 0 Å². The number of alkyl halides is 6. The van der Waals surface area contributed by atoms with Crippen LogP contribution in [0.5, 0.6) is 0 Å². The Kier molecular flexibility index (Phi) is 11.2. The van der Waals surface area contributed by atoms with E-state index in [1.54, 1.807) is 0 Å². The molecule has 0 radical (unpaired) electrons. The van der Waals surface area contributed by atoms with Crippen LogP contribution in [0.2, 0.25) is 0 Å². The van der Waals surface area contributed by atoms with Gasteiger partial charge in [0.05, 0.1) is 0 Å². The number of rotatable bonds is 3. The Morgan fingerprint density at radius 1 is 0.367 bits per heavy atom. The molecular formula is C43H38F6. The first kappa shape index (κ1) is 36.7. The third-order valence-electron chi connectivity index (χ3n) is 8.64. The molecule has 0 saturated carbocycles. The highest BCUT2D eigenvalue weighted by atomic mass is 19.4. The summed E-state index contributed by atoms with van der Waals surface area (Å²) in [5, 5.41) is 0. The van der Waals surface area contributed by atoms with E-state index in [4.69, 9.17) is 0 Å². The van der Waals surface area contributed by atoms with Crippen molar-refractivity contribution in [1.29, 1.82) is 0 Å². The van der Waals surface area contributed by atoms with Gasteiger partial charge in [-0.2, -0.15) is 26.3 Å². The molecule has 49 heavy (non-hydrogen) atoms. The molecule has 6 aromatic carbocycles. The van der Waals surface area contributed by atoms with Crippen LogP contribution in [-0.4, -0.2) is 12.4 Å². The Morgan fingerprint density at radius 2 is 0.633 bits per heavy atom. The Morgan fingerprint density at radius 3 is 0.939 bits per heavy atom. The smallest absolute Gasteiger partial charge is 0.169 e. The lowest BCUT2D eigenvalue weighted by atomic mass is 9.73. The predicted octanol–water partition coefficient (Wildman–Crippen LogP) is 13.1. The minimum atomic E-state index is -5.52. The molecule has 0 aliphatic heterocycles. The van der Waals surface area contributed by atoms with E-state index in [0.29, 0.717) is 0 Å². The van der Waals surface area contributed by atoms with Crippen LogP contribution >= 0.6 is 0 Å². The molecular weight excluding hydrogens is 630 g/mol. The molecule has 1 aliphatic rings. The summed E-state index contributed by atoms with van der Waals surface area (Å²) in [7, 11) is 0. The lowest BCUT2D eigenvalue weighted by molar-refractivity contribution is -0.288. The Labute approximate surface area is 284 Å². The molecule has 0 amide bonds. The molecule has 252 valence electrons. The van der Waals surface area contributed by atoms with Gasteiger partial charge in [-0.3, -0.25) is 0 Å². The van der Waals surface area contributed by atoms with Crippen molar-refractivity contribution in [3.63, 3.8) is 0 Å². The zero-order chi connectivity index (χ0) is 34.4. The average molecular weight is 669 g/mol. The van der Waals surface area contributed by atoms with E-state index in [9.17, 15) is 26.3 Å². The molecule has 6 aromatic rings. The van der Waals surface area contributed by atoms with Gasteiger partial charge < -0.3 is 0 Å². The van der Waals surface area contributed by atoms with Gasteiger partial charge in [0, 0.05) is 5.41 Å². The number of fused-ring (bicyclic) bond motifs is 3. The van der Waals surface area contributed by atoms with Gasteiger partial charge in [-0.1, -0.05) is 191 Å². The first-order valence-electron chi connectivity index (χ1n) is 15.4. The molecule has 0 aromatic heterocycles. The van der Waals surface area contributed by atoms with E-state index in [1.807, 2.05) is 12.1 Å². The second-order valence-corrected chi connectivity index (χ2v) is 11.9. The van der Waals surface area contributed by atoms with Crippen molar-refractivity contribution in [1.82, 2.24) is 0 Å². The molecule has 6 heteroatoms. The quantitative estimate of drug-likeness (QED) is 0.165. The minimum Gasteiger partial charge on any atom is -0.169 e. The summed E-state index contributed by atoms with van der Waals surface area (Å²) >= 11 is 0. The number of benzene rings is 6. The molecule has 0 fully saturated rings. The van der Waals surface area contributed by atoms with Gasteiger partial charge in [-0.25, -0.2) is 0 Å². The Balaban J connectivity index is 0.000000170. The van der Waals surface area contributed by atoms with Gasteiger partial charge >= 0.3 is 12.4 Å². The molecule has 0 heterocycles. The van der Waals surface area contributed by atoms with Crippen molar-refractivity contribution in [2.75, 3.05) is 0 Å². The minimum absolute atomic E-state index is 0. The topological polar surface area (TPSA) is 0 Å². The lowest BCUT2D eigenvalue weighted by Crippen LogP contribution is -2.54. The predicted molar refractivity (Wildman–Crippen MR) is 188 cm³/mol. The number of hydrogen-bond donors (Lipinski definition) is 0. The van der Waals surface area contributed by atoms with Gasteiger partial charge in [0.1, 0.15) is 0 Å². The van der Waals surface area contributed by atoms with Crippen molar-refractivity contribution < 1.29 is 26.3 Å². The molecule has 0 saturated heterocycles. The summed E-state index contributed by atoms with van der Waals surface area (Å²) in [6.07, 6.45) is -11.0. The molecule has 0 spiro atoms. The maximum Gasteiger partial charge on any atom is 0.411 e. The van der Waals surface area contributed by atoms with E-state index >= 15 is 0 Å². The van der Waals surface area contributed by atoms with Gasteiger partial charge in [0.2, 0.25) is 5.41 Å². The second kappa shape index (κ2) is 15.0. The number of halogens is 6. The summed E-state index contributed by atoms with van der Waals surface area (Å²) in [5.74, 6) is 0. The molecule has 0 N–H and O–H groups in total. The normalized spacial score (nSPS) is 12.9. The second-order valence-electron chi connectivity index (χ2n) is 11.9. The van der Waals surface area contributed by atoms with Crippen molar-refractivity contribution in [2.45, 2.75) is 44.5 Å². The summed E-state index contributed by atoms with van der Waals surface area (Å²) in [6.45, 7) is 4.61. The first-order valence-corrected chi connectivity index (χ1v) is 15.4. The summed E-state index contributed by atoms with van der Waals surface area (Å²) in [5.41, 5.74) is 2.67. The van der Waals surface area contributed by atoms with Crippen LogP contribution in [-0.2, 0) is 10.8 Å². The lowest BCUT2D eigenvalue weighted by Gasteiger charge is -2.38. The van der Waals surface area contributed by atoms with Crippen molar-refractivity contribution in [3.05, 3.63) is 192 Å². The van der Waals surface area contributed by atoms with Crippen LogP contribution in [0.25, 0.3) is 22.3 Å². The van der Waals surface area contributed by atoms with Crippen LogP contribution in [0.4, 0.5) is 26.3 Å². The average Bonchev–Trinajstić information content (AvgIpc) is 3.33. The first-order chi connectivity index (χ1) is 22.9. The van der Waals surface area contributed by atoms with Crippen LogP contribution in [0, 0.1) is 0 Å². The third kappa shape index (κ3) is 7.34. The van der Waals surface area contributed by atoms with Gasteiger partial charge in [-0.05, 0) is 44.5 Å². The van der Waals surface area contributed by atoms with Crippen LogP contribution < -0.4 is 0 Å². The van der Waals surface area contributed by atoms with Crippen molar-refractivity contribution >= 4 is 0 Å². The Bertz CT molecular complexity index is 1750. The third-order valence-corrected chi connectivity index (χ3v) is 8.64. The maximum absolute atomic E-state index is 13.5. The van der Waals surface area contributed by atoms with Crippen molar-refractivity contribution in [3.8, 4) is 22.3 Å². The fraction of sp³-hybridized carbons (Fsp3) is 0.163. The highest BCUT2D eigenvalue weighted by molar-refractivity contribution is 5.80. The molecule has 7 rings (SSSR count). The summed E-state index contributed by atoms with van der Waals surface area (Å²) in [6, 6.07) is 49.0. The van der Waals surface area contributed by atoms with Crippen LogP contribution in [0.3, 0.4) is 0 Å². The molecule has 1 aliphatic carbocycles. The summed E-state index contributed by atoms with van der Waals surface area (Å²) in [4.78, 5) is 0. The molecule has 0 nitrogen and oxygen atoms in total. The van der Waals surface area contributed by atoms with Gasteiger partial charge in [0.15, 0.2) is 0 Å². The zero-order valence-corrected chi connectivity index (χ0v) is 26.4. The molecule has 0 unspecified atom stereocenters. The van der Waals surface area contributed by atoms with E-state index in [-0.39, 0.29) is 12.8 Å². The maximum atomic E-state index is 13.5. The fourth-order valence-corrected chi connectivity index (χ4v) is 6.29. The van der Waals surface area contributed by atoms with Crippen LogP contribution in [0.15, 0.2) is 170 Å². The fourth-order valence-electron chi connectivity index (χ4n) is 6.29. The van der Waals surface area contributed by atoms with Gasteiger partial charge in [-0.15, -0.1) is 0 Å². The van der Waals surface area contributed by atoms with E-state index in [0.717, 1.165) is 48.5 Å². The SMILES string of the molecule is C.CC1(C)c2ccccc2-c2ccccc21.FC(F)(F)C(c1ccccc1)(c1ccccc1)C(F)(F)F.c1ccc(-c2ccccc2)cc1. The number of hydrogen-bond acceptors (Lipinski definition) is 0. The molecule has 0 bridgehead atoms. The highest BCUT2D eigenvalue weighted by Gasteiger charge is 2.72. The largest absolute Gasteiger partial charge is 0.411 e. The molecule has 0 atom stereocenters. The summed E-state index contributed by atoms with van der Waals surface area (Å²) < 4.78 is 81.1.